The number of nitrogens with zero attached hydrogens (tertiary/aromatic N) is 1. The van der Waals surface area contributed by atoms with Crippen molar-refractivity contribution in [2.24, 2.45) is 0 Å². The molecule has 178 valence electrons. The zero-order chi connectivity index (χ0) is 24.1. The molecular formula is C25H26ClN3O4S. The first kappa shape index (κ1) is 24.0. The first-order chi connectivity index (χ1) is 16.5. The fraction of sp³-hybridized carbons (Fsp3) is 0.320. The lowest BCUT2D eigenvalue weighted by atomic mass is 9.90. The Morgan fingerprint density at radius 3 is 2.62 bits per heavy atom. The Labute approximate surface area is 207 Å². The molecule has 9 heteroatoms. The van der Waals surface area contributed by atoms with Crippen molar-refractivity contribution in [3.8, 4) is 11.5 Å². The van der Waals surface area contributed by atoms with Crippen LogP contribution in [0, 0.1) is 0 Å². The largest absolute Gasteiger partial charge is 0.493 e. The molecule has 2 amide bonds. The van der Waals surface area contributed by atoms with Gasteiger partial charge in [-0.2, -0.15) is 0 Å². The number of ether oxygens (including phenoxy) is 2. The smallest absolute Gasteiger partial charge is 0.257 e. The van der Waals surface area contributed by atoms with E-state index in [9.17, 15) is 9.59 Å². The molecule has 1 aromatic heterocycles. The van der Waals surface area contributed by atoms with Crippen LogP contribution in [0.4, 0.5) is 5.13 Å². The molecule has 0 saturated heterocycles. The fourth-order valence-electron chi connectivity index (χ4n) is 3.99. The summed E-state index contributed by atoms with van der Waals surface area (Å²) < 4.78 is 10.6. The van der Waals surface area contributed by atoms with Gasteiger partial charge in [0.2, 0.25) is 5.91 Å². The molecule has 0 radical (unpaired) electrons. The molecular weight excluding hydrogens is 474 g/mol. The number of rotatable bonds is 8. The number of nitrogens with one attached hydrogen (secondary N) is 2. The van der Waals surface area contributed by atoms with Crippen molar-refractivity contribution in [2.75, 3.05) is 26.1 Å². The van der Waals surface area contributed by atoms with E-state index >= 15 is 0 Å². The van der Waals surface area contributed by atoms with Gasteiger partial charge in [0.05, 0.1) is 25.8 Å². The number of hydrogen-bond donors (Lipinski definition) is 2. The lowest BCUT2D eigenvalue weighted by Crippen LogP contribution is -2.32. The third kappa shape index (κ3) is 5.51. The second-order valence-electron chi connectivity index (χ2n) is 7.96. The Kier molecular flexibility index (Phi) is 7.70. The average molecular weight is 500 g/mol. The molecule has 0 saturated carbocycles. The van der Waals surface area contributed by atoms with Crippen LogP contribution in [0.5, 0.6) is 11.5 Å². The number of thiazole rings is 1. The standard InChI is InChI=1S/C25H26ClN3O4S/c1-32-19-11-6-15(14-20(19)33-2)12-13-27-24(31)18-4-3-5-21-22(18)28-25(34-21)29-23(30)16-7-9-17(26)10-8-16/h6-11,14,18H,3-5,12-13H2,1-2H3,(H,27,31)(H,28,29,30). The summed E-state index contributed by atoms with van der Waals surface area (Å²) in [6, 6.07) is 12.4. The summed E-state index contributed by atoms with van der Waals surface area (Å²) in [6.45, 7) is 0.504. The lowest BCUT2D eigenvalue weighted by Gasteiger charge is -2.20. The van der Waals surface area contributed by atoms with Crippen molar-refractivity contribution in [3.63, 3.8) is 0 Å². The van der Waals surface area contributed by atoms with Crippen molar-refractivity contribution in [2.45, 2.75) is 31.6 Å². The Morgan fingerprint density at radius 2 is 1.88 bits per heavy atom. The molecule has 7 nitrogen and oxygen atoms in total. The van der Waals surface area contributed by atoms with Crippen molar-refractivity contribution in [3.05, 3.63) is 69.2 Å². The maximum Gasteiger partial charge on any atom is 0.257 e. The van der Waals surface area contributed by atoms with Crippen LogP contribution < -0.4 is 20.1 Å². The van der Waals surface area contributed by atoms with Crippen molar-refractivity contribution in [1.82, 2.24) is 10.3 Å². The predicted octanol–water partition coefficient (Wildman–Crippen LogP) is 4.84. The quantitative estimate of drug-likeness (QED) is 0.462. The van der Waals surface area contributed by atoms with E-state index in [4.69, 9.17) is 21.1 Å². The van der Waals surface area contributed by atoms with Gasteiger partial charge in [0.15, 0.2) is 16.6 Å². The van der Waals surface area contributed by atoms with E-state index in [0.717, 1.165) is 35.4 Å². The van der Waals surface area contributed by atoms with E-state index in [1.54, 1.807) is 38.5 Å². The molecule has 1 aliphatic rings. The van der Waals surface area contributed by atoms with Gasteiger partial charge in [-0.1, -0.05) is 17.7 Å². The molecule has 1 aliphatic carbocycles. The summed E-state index contributed by atoms with van der Waals surface area (Å²) in [4.78, 5) is 31.2. The third-order valence-corrected chi connectivity index (χ3v) is 7.06. The van der Waals surface area contributed by atoms with Crippen molar-refractivity contribution < 1.29 is 19.1 Å². The second kappa shape index (κ2) is 10.9. The molecule has 34 heavy (non-hydrogen) atoms. The summed E-state index contributed by atoms with van der Waals surface area (Å²) in [7, 11) is 3.20. The van der Waals surface area contributed by atoms with E-state index in [2.05, 4.69) is 15.6 Å². The number of aryl methyl sites for hydroxylation is 1. The van der Waals surface area contributed by atoms with Gasteiger partial charge in [0, 0.05) is 22.0 Å². The lowest BCUT2D eigenvalue weighted by molar-refractivity contribution is -0.122. The average Bonchev–Trinajstić information content (AvgIpc) is 3.26. The molecule has 0 aliphatic heterocycles. The number of aromatic nitrogens is 1. The highest BCUT2D eigenvalue weighted by atomic mass is 35.5. The summed E-state index contributed by atoms with van der Waals surface area (Å²) in [5.41, 5.74) is 2.32. The number of anilines is 1. The normalized spacial score (nSPS) is 14.7. The molecule has 4 rings (SSSR count). The molecule has 0 spiro atoms. The summed E-state index contributed by atoms with van der Waals surface area (Å²) in [5.74, 6) is 0.735. The molecule has 0 bridgehead atoms. The molecule has 0 fully saturated rings. The summed E-state index contributed by atoms with van der Waals surface area (Å²) in [5, 5.41) is 6.97. The number of carbonyl (C=O) groups is 2. The minimum Gasteiger partial charge on any atom is -0.493 e. The Bertz CT molecular complexity index is 1180. The summed E-state index contributed by atoms with van der Waals surface area (Å²) in [6.07, 6.45) is 3.18. The second-order valence-corrected chi connectivity index (χ2v) is 9.48. The zero-order valence-corrected chi connectivity index (χ0v) is 20.6. The highest BCUT2D eigenvalue weighted by Gasteiger charge is 2.30. The Morgan fingerprint density at radius 1 is 1.12 bits per heavy atom. The first-order valence-electron chi connectivity index (χ1n) is 11.0. The maximum atomic E-state index is 13.0. The van der Waals surface area contributed by atoms with Gasteiger partial charge in [0.1, 0.15) is 0 Å². The SMILES string of the molecule is COc1ccc(CCNC(=O)C2CCCc3sc(NC(=O)c4ccc(Cl)cc4)nc32)cc1OC. The van der Waals surface area contributed by atoms with Gasteiger partial charge >= 0.3 is 0 Å². The number of fused-ring (bicyclic) bond motifs is 1. The number of methoxy groups -OCH3 is 2. The van der Waals surface area contributed by atoms with Crippen LogP contribution in [0.1, 0.15) is 45.3 Å². The summed E-state index contributed by atoms with van der Waals surface area (Å²) >= 11 is 7.33. The van der Waals surface area contributed by atoms with Crippen LogP contribution in [0.3, 0.4) is 0 Å². The Hall–Kier alpha value is -3.10. The molecule has 1 unspecified atom stereocenters. The third-order valence-electron chi connectivity index (χ3n) is 5.76. The van der Waals surface area contributed by atoms with E-state index < -0.39 is 0 Å². The van der Waals surface area contributed by atoms with Gasteiger partial charge in [-0.3, -0.25) is 14.9 Å². The minimum absolute atomic E-state index is 0.0395. The van der Waals surface area contributed by atoms with Gasteiger partial charge < -0.3 is 14.8 Å². The molecule has 3 aromatic rings. The van der Waals surface area contributed by atoms with E-state index in [-0.39, 0.29) is 17.7 Å². The number of carbonyl (C=O) groups excluding carboxylic acids is 2. The van der Waals surface area contributed by atoms with Gasteiger partial charge in [-0.05, 0) is 67.6 Å². The Balaban J connectivity index is 1.37. The van der Waals surface area contributed by atoms with Crippen LogP contribution >= 0.6 is 22.9 Å². The molecule has 1 atom stereocenters. The number of amides is 2. The van der Waals surface area contributed by atoms with E-state index in [1.165, 1.54) is 11.3 Å². The number of benzene rings is 2. The highest BCUT2D eigenvalue weighted by Crippen LogP contribution is 2.37. The minimum atomic E-state index is -0.313. The van der Waals surface area contributed by atoms with Crippen LogP contribution in [-0.4, -0.2) is 37.6 Å². The van der Waals surface area contributed by atoms with E-state index in [0.29, 0.717) is 40.2 Å². The van der Waals surface area contributed by atoms with Crippen LogP contribution in [0.25, 0.3) is 0 Å². The maximum absolute atomic E-state index is 13.0. The van der Waals surface area contributed by atoms with Crippen LogP contribution in [-0.2, 0) is 17.6 Å². The van der Waals surface area contributed by atoms with Crippen LogP contribution in [0.2, 0.25) is 5.02 Å². The first-order valence-corrected chi connectivity index (χ1v) is 12.2. The van der Waals surface area contributed by atoms with Gasteiger partial charge in [-0.25, -0.2) is 4.98 Å². The fourth-order valence-corrected chi connectivity index (χ4v) is 5.17. The monoisotopic (exact) mass is 499 g/mol. The van der Waals surface area contributed by atoms with Crippen LogP contribution in [0.15, 0.2) is 42.5 Å². The molecule has 1 heterocycles. The number of halogens is 1. The van der Waals surface area contributed by atoms with Gasteiger partial charge in [0.25, 0.3) is 5.91 Å². The van der Waals surface area contributed by atoms with E-state index in [1.807, 2.05) is 18.2 Å². The zero-order valence-electron chi connectivity index (χ0n) is 19.0. The highest BCUT2D eigenvalue weighted by molar-refractivity contribution is 7.16. The molecule has 2 aromatic carbocycles. The van der Waals surface area contributed by atoms with Crippen molar-refractivity contribution in [1.29, 1.82) is 0 Å². The van der Waals surface area contributed by atoms with Gasteiger partial charge in [-0.15, -0.1) is 11.3 Å². The number of hydrogen-bond acceptors (Lipinski definition) is 6. The topological polar surface area (TPSA) is 89.6 Å². The van der Waals surface area contributed by atoms with Crippen molar-refractivity contribution >= 4 is 39.9 Å². The molecule has 2 N–H and O–H groups in total. The predicted molar refractivity (Wildman–Crippen MR) is 133 cm³/mol.